The molecule has 0 radical (unpaired) electrons. The summed E-state index contributed by atoms with van der Waals surface area (Å²) >= 11 is 1.24. The van der Waals surface area contributed by atoms with Crippen molar-refractivity contribution in [2.45, 2.75) is 0 Å². The van der Waals surface area contributed by atoms with Gasteiger partial charge in [0.25, 0.3) is 5.91 Å². The summed E-state index contributed by atoms with van der Waals surface area (Å²) in [6.45, 7) is 0.242. The number of hydrogen-bond donors (Lipinski definition) is 3. The Kier molecular flexibility index (Phi) is 4.83. The molecule has 2 rings (SSSR count). The molecule has 0 saturated heterocycles. The Morgan fingerprint density at radius 2 is 2.05 bits per heavy atom. The Balaban J connectivity index is 2.06. The second-order valence-electron chi connectivity index (χ2n) is 4.03. The molecule has 0 aliphatic carbocycles. The molecule has 2 aromatic rings. The molecule has 0 bridgehead atoms. The lowest BCUT2D eigenvalue weighted by molar-refractivity contribution is 0.0949. The van der Waals surface area contributed by atoms with Gasteiger partial charge in [0.05, 0.1) is 10.4 Å². The number of carbonyl (C=O) groups is 2. The summed E-state index contributed by atoms with van der Waals surface area (Å²) in [5.41, 5.74) is 2.28. The molecule has 110 valence electrons. The molecule has 0 unspecified atom stereocenters. The molecular weight excluding hydrogens is 297 g/mol. The van der Waals surface area contributed by atoms with E-state index >= 15 is 0 Å². The average molecular weight is 309 g/mol. The largest absolute Gasteiger partial charge is 0.465 e. The normalized spacial score (nSPS) is 10.1. The highest BCUT2D eigenvalue weighted by Gasteiger charge is 2.16. The van der Waals surface area contributed by atoms with E-state index in [0.717, 1.165) is 0 Å². The van der Waals surface area contributed by atoms with E-state index < -0.39 is 17.8 Å². The molecule has 0 spiro atoms. The molecule has 0 aliphatic heterocycles. The molecule has 1 aromatic heterocycles. The monoisotopic (exact) mass is 309 g/mol. The lowest BCUT2D eigenvalue weighted by Crippen LogP contribution is -2.34. The van der Waals surface area contributed by atoms with Crippen LogP contribution in [0.4, 0.5) is 9.18 Å². The van der Waals surface area contributed by atoms with Crippen LogP contribution in [0.25, 0.3) is 10.4 Å². The SMILES string of the molecule is O=C(O)NCCNC(=O)c1ncsc1-c1cccc(F)c1. The lowest BCUT2D eigenvalue weighted by Gasteiger charge is -2.05. The number of amides is 2. The van der Waals surface area contributed by atoms with E-state index in [0.29, 0.717) is 10.4 Å². The van der Waals surface area contributed by atoms with Gasteiger partial charge in [0.15, 0.2) is 0 Å². The van der Waals surface area contributed by atoms with E-state index in [1.807, 2.05) is 0 Å². The molecule has 2 amide bonds. The summed E-state index contributed by atoms with van der Waals surface area (Å²) in [4.78, 5) is 26.8. The van der Waals surface area contributed by atoms with Gasteiger partial charge in [-0.15, -0.1) is 11.3 Å². The summed E-state index contributed by atoms with van der Waals surface area (Å²) in [6.07, 6.45) is -1.15. The fourth-order valence-corrected chi connectivity index (χ4v) is 2.46. The third-order valence-corrected chi connectivity index (χ3v) is 3.43. The first kappa shape index (κ1) is 14.9. The zero-order valence-corrected chi connectivity index (χ0v) is 11.6. The number of nitrogens with one attached hydrogen (secondary N) is 2. The first-order valence-electron chi connectivity index (χ1n) is 6.02. The van der Waals surface area contributed by atoms with Crippen LogP contribution in [0.15, 0.2) is 29.8 Å². The zero-order valence-electron chi connectivity index (χ0n) is 10.8. The first-order chi connectivity index (χ1) is 10.1. The van der Waals surface area contributed by atoms with Crippen molar-refractivity contribution in [3.63, 3.8) is 0 Å². The number of carboxylic acid groups (broad SMARTS) is 1. The van der Waals surface area contributed by atoms with Gasteiger partial charge in [-0.1, -0.05) is 12.1 Å². The van der Waals surface area contributed by atoms with Crippen LogP contribution in [0.3, 0.4) is 0 Å². The number of carbonyl (C=O) groups excluding carboxylic acids is 1. The standard InChI is InChI=1S/C13H12FN3O3S/c14-9-3-1-2-8(6-9)11-10(17-7-21-11)12(18)15-4-5-16-13(19)20/h1-3,6-7,16H,4-5H2,(H,15,18)(H,19,20). The summed E-state index contributed by atoms with van der Waals surface area (Å²) in [6, 6.07) is 5.90. The van der Waals surface area contributed by atoms with Crippen molar-refractivity contribution in [1.82, 2.24) is 15.6 Å². The molecule has 1 heterocycles. The van der Waals surface area contributed by atoms with E-state index in [-0.39, 0.29) is 18.8 Å². The molecule has 0 saturated carbocycles. The van der Waals surface area contributed by atoms with Crippen molar-refractivity contribution in [2.24, 2.45) is 0 Å². The highest BCUT2D eigenvalue weighted by Crippen LogP contribution is 2.27. The third kappa shape index (κ3) is 3.99. The Hall–Kier alpha value is -2.48. The van der Waals surface area contributed by atoms with Gasteiger partial charge in [0, 0.05) is 13.1 Å². The number of hydrogen-bond acceptors (Lipinski definition) is 4. The van der Waals surface area contributed by atoms with E-state index in [1.54, 1.807) is 12.1 Å². The summed E-state index contributed by atoms with van der Waals surface area (Å²) in [5, 5.41) is 13.1. The fourth-order valence-electron chi connectivity index (χ4n) is 1.67. The van der Waals surface area contributed by atoms with Crippen LogP contribution < -0.4 is 10.6 Å². The van der Waals surface area contributed by atoms with Gasteiger partial charge < -0.3 is 15.7 Å². The maximum Gasteiger partial charge on any atom is 0.404 e. The van der Waals surface area contributed by atoms with Crippen molar-refractivity contribution in [3.05, 3.63) is 41.3 Å². The number of aromatic nitrogens is 1. The summed E-state index contributed by atoms with van der Waals surface area (Å²) in [7, 11) is 0. The van der Waals surface area contributed by atoms with E-state index in [4.69, 9.17) is 5.11 Å². The van der Waals surface area contributed by atoms with Crippen LogP contribution in [0.5, 0.6) is 0 Å². The number of benzene rings is 1. The van der Waals surface area contributed by atoms with Gasteiger partial charge in [-0.3, -0.25) is 4.79 Å². The van der Waals surface area contributed by atoms with Crippen LogP contribution in [-0.4, -0.2) is 35.2 Å². The average Bonchev–Trinajstić information content (AvgIpc) is 2.92. The minimum atomic E-state index is -1.15. The predicted octanol–water partition coefficient (Wildman–Crippen LogP) is 1.95. The van der Waals surface area contributed by atoms with Crippen LogP contribution in [-0.2, 0) is 0 Å². The maximum atomic E-state index is 13.2. The van der Waals surface area contributed by atoms with E-state index in [1.165, 1.54) is 29.0 Å². The lowest BCUT2D eigenvalue weighted by atomic mass is 10.1. The molecule has 21 heavy (non-hydrogen) atoms. The van der Waals surface area contributed by atoms with Crippen LogP contribution in [0.2, 0.25) is 0 Å². The number of thiazole rings is 1. The van der Waals surface area contributed by atoms with Gasteiger partial charge in [-0.2, -0.15) is 0 Å². The molecule has 8 heteroatoms. The van der Waals surface area contributed by atoms with E-state index in [2.05, 4.69) is 15.6 Å². The Morgan fingerprint density at radius 3 is 2.76 bits per heavy atom. The highest BCUT2D eigenvalue weighted by molar-refractivity contribution is 7.13. The quantitative estimate of drug-likeness (QED) is 0.736. The maximum absolute atomic E-state index is 13.2. The summed E-state index contributed by atoms with van der Waals surface area (Å²) < 4.78 is 13.2. The minimum Gasteiger partial charge on any atom is -0.465 e. The van der Waals surface area contributed by atoms with Gasteiger partial charge in [0.1, 0.15) is 11.5 Å². The molecule has 0 atom stereocenters. The summed E-state index contributed by atoms with van der Waals surface area (Å²) in [5.74, 6) is -0.819. The molecule has 1 aromatic carbocycles. The van der Waals surface area contributed by atoms with Gasteiger partial charge >= 0.3 is 6.09 Å². The van der Waals surface area contributed by atoms with Gasteiger partial charge in [-0.05, 0) is 17.7 Å². The Morgan fingerprint density at radius 1 is 1.29 bits per heavy atom. The molecule has 6 nitrogen and oxygen atoms in total. The topological polar surface area (TPSA) is 91.3 Å². The number of rotatable bonds is 5. The zero-order chi connectivity index (χ0) is 15.2. The fraction of sp³-hybridized carbons (Fsp3) is 0.154. The number of halogens is 1. The molecule has 0 fully saturated rings. The van der Waals surface area contributed by atoms with Crippen molar-refractivity contribution < 1.29 is 19.1 Å². The smallest absolute Gasteiger partial charge is 0.404 e. The van der Waals surface area contributed by atoms with Crippen molar-refractivity contribution in [1.29, 1.82) is 0 Å². The second kappa shape index (κ2) is 6.80. The third-order valence-electron chi connectivity index (χ3n) is 2.56. The van der Waals surface area contributed by atoms with Gasteiger partial charge in [0.2, 0.25) is 0 Å². The van der Waals surface area contributed by atoms with Crippen molar-refractivity contribution in [2.75, 3.05) is 13.1 Å². The molecule has 0 aliphatic rings. The Bertz CT molecular complexity index is 660. The molecule has 3 N–H and O–H groups in total. The molecular formula is C13H12FN3O3S. The highest BCUT2D eigenvalue weighted by atomic mass is 32.1. The van der Waals surface area contributed by atoms with Crippen LogP contribution in [0, 0.1) is 5.82 Å². The van der Waals surface area contributed by atoms with Crippen molar-refractivity contribution in [3.8, 4) is 10.4 Å². The first-order valence-corrected chi connectivity index (χ1v) is 6.90. The second-order valence-corrected chi connectivity index (χ2v) is 4.88. The van der Waals surface area contributed by atoms with Crippen LogP contribution >= 0.6 is 11.3 Å². The predicted molar refractivity (Wildman–Crippen MR) is 75.9 cm³/mol. The van der Waals surface area contributed by atoms with Crippen molar-refractivity contribution >= 4 is 23.3 Å². The van der Waals surface area contributed by atoms with E-state index in [9.17, 15) is 14.0 Å². The number of nitrogens with zero attached hydrogens (tertiary/aromatic N) is 1. The van der Waals surface area contributed by atoms with Crippen LogP contribution in [0.1, 0.15) is 10.5 Å². The van der Waals surface area contributed by atoms with Gasteiger partial charge in [-0.25, -0.2) is 14.2 Å². The Labute approximate surface area is 123 Å². The minimum absolute atomic E-state index is 0.0977.